The Bertz CT molecular complexity index is 456. The molecule has 0 aromatic carbocycles. The van der Waals surface area contributed by atoms with E-state index >= 15 is 0 Å². The second-order valence-electron chi connectivity index (χ2n) is 7.08. The summed E-state index contributed by atoms with van der Waals surface area (Å²) in [4.78, 5) is 16.7. The molecule has 0 radical (unpaired) electrons. The van der Waals surface area contributed by atoms with Crippen LogP contribution in [0.3, 0.4) is 0 Å². The molecule has 2 heterocycles. The number of likely N-dealkylation sites (tertiary alicyclic amines) is 1. The Morgan fingerprint density at radius 3 is 2.82 bits per heavy atom. The number of hydrogen-bond acceptors (Lipinski definition) is 3. The molecule has 2 unspecified atom stereocenters. The smallest absolute Gasteiger partial charge is 0.236 e. The van der Waals surface area contributed by atoms with Crippen LogP contribution in [-0.2, 0) is 11.3 Å². The zero-order chi connectivity index (χ0) is 16.1. The normalized spacial score (nSPS) is 23.5. The number of carbonyl (C=O) groups is 1. The predicted molar refractivity (Wildman–Crippen MR) is 88.4 cm³/mol. The predicted octanol–water partition coefficient (Wildman–Crippen LogP) is 3.38. The molecule has 1 amide bonds. The number of furan rings is 1. The maximum absolute atomic E-state index is 12.5. The van der Waals surface area contributed by atoms with Crippen molar-refractivity contribution in [3.63, 3.8) is 0 Å². The van der Waals surface area contributed by atoms with Gasteiger partial charge in [-0.05, 0) is 49.8 Å². The molecule has 0 aliphatic carbocycles. The van der Waals surface area contributed by atoms with Gasteiger partial charge in [0, 0.05) is 13.1 Å². The Morgan fingerprint density at radius 2 is 2.18 bits per heavy atom. The quantitative estimate of drug-likeness (QED) is 0.837. The van der Waals surface area contributed by atoms with Crippen molar-refractivity contribution in [2.75, 3.05) is 20.1 Å². The fourth-order valence-corrected chi connectivity index (χ4v) is 3.30. The molecule has 0 spiro atoms. The molecule has 1 aromatic rings. The molecule has 2 rings (SSSR count). The lowest BCUT2D eigenvalue weighted by molar-refractivity contribution is -0.132. The van der Waals surface area contributed by atoms with Gasteiger partial charge < -0.3 is 9.32 Å². The first-order valence-corrected chi connectivity index (χ1v) is 8.47. The van der Waals surface area contributed by atoms with Crippen molar-refractivity contribution < 1.29 is 9.21 Å². The van der Waals surface area contributed by atoms with Crippen LogP contribution >= 0.6 is 0 Å². The molecule has 0 bridgehead atoms. The van der Waals surface area contributed by atoms with Gasteiger partial charge in [0.25, 0.3) is 0 Å². The summed E-state index contributed by atoms with van der Waals surface area (Å²) >= 11 is 0. The van der Waals surface area contributed by atoms with E-state index in [-0.39, 0.29) is 5.91 Å². The summed E-state index contributed by atoms with van der Waals surface area (Å²) in [5, 5.41) is 0. The zero-order valence-corrected chi connectivity index (χ0v) is 14.4. The Labute approximate surface area is 134 Å². The van der Waals surface area contributed by atoms with Crippen LogP contribution in [0.5, 0.6) is 0 Å². The van der Waals surface area contributed by atoms with E-state index in [1.165, 1.54) is 19.3 Å². The van der Waals surface area contributed by atoms with Crippen molar-refractivity contribution in [1.29, 1.82) is 0 Å². The lowest BCUT2D eigenvalue weighted by atomic mass is 9.95. The third-order valence-electron chi connectivity index (χ3n) is 4.84. The third-order valence-corrected chi connectivity index (χ3v) is 4.84. The molecule has 4 nitrogen and oxygen atoms in total. The van der Waals surface area contributed by atoms with Gasteiger partial charge in [0.2, 0.25) is 5.91 Å². The van der Waals surface area contributed by atoms with Gasteiger partial charge in [-0.25, -0.2) is 0 Å². The molecule has 0 saturated carbocycles. The molecule has 2 atom stereocenters. The van der Waals surface area contributed by atoms with Crippen LogP contribution in [0.4, 0.5) is 0 Å². The average Bonchev–Trinajstić information content (AvgIpc) is 2.89. The molecule has 1 aromatic heterocycles. The highest BCUT2D eigenvalue weighted by molar-refractivity contribution is 5.78. The largest absolute Gasteiger partial charge is 0.467 e. The van der Waals surface area contributed by atoms with Gasteiger partial charge in [-0.15, -0.1) is 0 Å². The fourth-order valence-electron chi connectivity index (χ4n) is 3.30. The molecule has 0 N–H and O–H groups in total. The lowest BCUT2D eigenvalue weighted by Crippen LogP contribution is -2.45. The van der Waals surface area contributed by atoms with E-state index in [9.17, 15) is 4.79 Å². The van der Waals surface area contributed by atoms with Crippen LogP contribution in [0.15, 0.2) is 22.8 Å². The van der Waals surface area contributed by atoms with Crippen LogP contribution in [0.2, 0.25) is 0 Å². The summed E-state index contributed by atoms with van der Waals surface area (Å²) in [7, 11) is 1.86. The minimum absolute atomic E-state index is 0.177. The van der Waals surface area contributed by atoms with Gasteiger partial charge in [0.15, 0.2) is 0 Å². The Hall–Kier alpha value is -1.29. The average molecular weight is 306 g/mol. The molecule has 1 fully saturated rings. The van der Waals surface area contributed by atoms with E-state index in [4.69, 9.17) is 4.42 Å². The van der Waals surface area contributed by atoms with Crippen molar-refractivity contribution in [2.45, 2.75) is 52.6 Å². The highest BCUT2D eigenvalue weighted by Gasteiger charge is 2.28. The van der Waals surface area contributed by atoms with Crippen LogP contribution in [0, 0.1) is 11.8 Å². The fraction of sp³-hybridized carbons (Fsp3) is 0.722. The summed E-state index contributed by atoms with van der Waals surface area (Å²) in [5.41, 5.74) is 0. The molecule has 4 heteroatoms. The molecule has 1 aliphatic rings. The third kappa shape index (κ3) is 4.60. The summed E-state index contributed by atoms with van der Waals surface area (Å²) in [5.74, 6) is 2.37. The minimum atomic E-state index is 0.177. The van der Waals surface area contributed by atoms with Crippen molar-refractivity contribution >= 4 is 5.91 Å². The zero-order valence-electron chi connectivity index (χ0n) is 14.4. The molecule has 1 aliphatic heterocycles. The number of amides is 1. The highest BCUT2D eigenvalue weighted by Crippen LogP contribution is 2.25. The van der Waals surface area contributed by atoms with Crippen molar-refractivity contribution in [3.8, 4) is 0 Å². The van der Waals surface area contributed by atoms with Crippen LogP contribution < -0.4 is 0 Å². The van der Waals surface area contributed by atoms with Gasteiger partial charge in [-0.2, -0.15) is 0 Å². The van der Waals surface area contributed by atoms with Gasteiger partial charge in [0.05, 0.1) is 19.4 Å². The first kappa shape index (κ1) is 17.1. The van der Waals surface area contributed by atoms with E-state index in [2.05, 4.69) is 25.7 Å². The summed E-state index contributed by atoms with van der Waals surface area (Å²) in [6, 6.07) is 4.29. The van der Waals surface area contributed by atoms with Gasteiger partial charge in [-0.3, -0.25) is 9.69 Å². The Balaban J connectivity index is 1.94. The van der Waals surface area contributed by atoms with E-state index in [1.54, 1.807) is 11.2 Å². The summed E-state index contributed by atoms with van der Waals surface area (Å²) in [6.07, 6.45) is 5.32. The second-order valence-corrected chi connectivity index (χ2v) is 7.08. The monoisotopic (exact) mass is 306 g/mol. The van der Waals surface area contributed by atoms with E-state index in [0.29, 0.717) is 25.0 Å². The molecule has 1 saturated heterocycles. The van der Waals surface area contributed by atoms with E-state index in [1.807, 2.05) is 19.2 Å². The molecule has 22 heavy (non-hydrogen) atoms. The number of hydrogen-bond donors (Lipinski definition) is 0. The Kier molecular flexibility index (Phi) is 6.07. The first-order chi connectivity index (χ1) is 10.5. The van der Waals surface area contributed by atoms with Crippen LogP contribution in [-0.4, -0.2) is 41.9 Å². The maximum atomic E-state index is 12.5. The first-order valence-electron chi connectivity index (χ1n) is 8.47. The SMILES string of the molecule is CC1CCC(C(C)C)N(CC(=O)N(C)Cc2ccco2)CC1. The van der Waals surface area contributed by atoms with Crippen LogP contribution in [0.1, 0.15) is 45.8 Å². The van der Waals surface area contributed by atoms with Gasteiger partial charge in [0.1, 0.15) is 5.76 Å². The maximum Gasteiger partial charge on any atom is 0.236 e. The molecule has 124 valence electrons. The van der Waals surface area contributed by atoms with Crippen molar-refractivity contribution in [3.05, 3.63) is 24.2 Å². The number of likely N-dealkylation sites (N-methyl/N-ethyl adjacent to an activating group) is 1. The molecular weight excluding hydrogens is 276 g/mol. The van der Waals surface area contributed by atoms with E-state index in [0.717, 1.165) is 18.2 Å². The number of rotatable bonds is 5. The van der Waals surface area contributed by atoms with Gasteiger partial charge in [-0.1, -0.05) is 20.8 Å². The van der Waals surface area contributed by atoms with Crippen molar-refractivity contribution in [1.82, 2.24) is 9.80 Å². The number of carbonyl (C=O) groups excluding carboxylic acids is 1. The van der Waals surface area contributed by atoms with Crippen molar-refractivity contribution in [2.24, 2.45) is 11.8 Å². The minimum Gasteiger partial charge on any atom is -0.467 e. The Morgan fingerprint density at radius 1 is 1.41 bits per heavy atom. The topological polar surface area (TPSA) is 36.7 Å². The summed E-state index contributed by atoms with van der Waals surface area (Å²) in [6.45, 7) is 8.96. The number of nitrogens with zero attached hydrogens (tertiary/aromatic N) is 2. The van der Waals surface area contributed by atoms with Gasteiger partial charge >= 0.3 is 0 Å². The molecular formula is C18H30N2O2. The standard InChI is InChI=1S/C18H30N2O2/c1-14(2)17-8-7-15(3)9-10-20(17)13-18(21)19(4)12-16-6-5-11-22-16/h5-6,11,14-15,17H,7-10,12-13H2,1-4H3. The second kappa shape index (κ2) is 7.82. The summed E-state index contributed by atoms with van der Waals surface area (Å²) < 4.78 is 5.33. The van der Waals surface area contributed by atoms with Crippen LogP contribution in [0.25, 0.3) is 0 Å². The van der Waals surface area contributed by atoms with E-state index < -0.39 is 0 Å². The highest BCUT2D eigenvalue weighted by atomic mass is 16.3. The lowest BCUT2D eigenvalue weighted by Gasteiger charge is -2.33.